The molecule has 0 amide bonds. The van der Waals surface area contributed by atoms with Gasteiger partial charge in [0.25, 0.3) is 0 Å². The molecule has 0 radical (unpaired) electrons. The molecule has 2 bridgehead atoms. The average molecular weight is 533 g/mol. The fraction of sp³-hybridized carbons (Fsp3) is 0.500. The molecule has 6 rings (SSSR count). The van der Waals surface area contributed by atoms with Crippen LogP contribution in [-0.2, 0) is 24.9 Å². The first-order chi connectivity index (χ1) is 18.9. The number of aryl methyl sites for hydroxylation is 2. The van der Waals surface area contributed by atoms with Crippen molar-refractivity contribution in [1.29, 1.82) is 0 Å². The molecule has 1 fully saturated rings. The van der Waals surface area contributed by atoms with Crippen molar-refractivity contribution < 1.29 is 14.6 Å². The number of methoxy groups -OCH3 is 1. The van der Waals surface area contributed by atoms with Crippen molar-refractivity contribution in [3.8, 4) is 17.1 Å². The van der Waals surface area contributed by atoms with Crippen LogP contribution in [0.4, 0.5) is 0 Å². The number of aromatic nitrogens is 7. The van der Waals surface area contributed by atoms with Gasteiger partial charge in [0.2, 0.25) is 5.88 Å². The average Bonchev–Trinajstić information content (AvgIpc) is 3.43. The van der Waals surface area contributed by atoms with Gasteiger partial charge in [0, 0.05) is 43.7 Å². The fourth-order valence-corrected chi connectivity index (χ4v) is 5.52. The third kappa shape index (κ3) is 4.64. The van der Waals surface area contributed by atoms with Crippen LogP contribution in [0.3, 0.4) is 0 Å². The van der Waals surface area contributed by atoms with E-state index in [9.17, 15) is 5.11 Å². The van der Waals surface area contributed by atoms with E-state index < -0.39 is 0 Å². The van der Waals surface area contributed by atoms with Crippen molar-refractivity contribution >= 4 is 23.1 Å². The molecular weight excluding hydrogens is 496 g/mol. The van der Waals surface area contributed by atoms with Crippen LogP contribution in [0.1, 0.15) is 61.1 Å². The van der Waals surface area contributed by atoms with E-state index in [1.165, 1.54) is 0 Å². The van der Waals surface area contributed by atoms with Gasteiger partial charge >= 0.3 is 0 Å². The lowest BCUT2D eigenvalue weighted by atomic mass is 10.1. The molecule has 0 unspecified atom stereocenters. The topological polar surface area (TPSA) is 119 Å². The second-order valence-electron chi connectivity index (χ2n) is 10.7. The van der Waals surface area contributed by atoms with E-state index in [0.717, 1.165) is 63.3 Å². The lowest BCUT2D eigenvalue weighted by Gasteiger charge is -2.30. The first-order valence-electron chi connectivity index (χ1n) is 13.5. The van der Waals surface area contributed by atoms with Crippen LogP contribution in [0, 0.1) is 6.92 Å². The highest BCUT2D eigenvalue weighted by Crippen LogP contribution is 2.37. The third-order valence-corrected chi connectivity index (χ3v) is 7.77. The number of nitrogens with one attached hydrogen (secondary N) is 1. The number of aliphatic hydroxyl groups is 1. The van der Waals surface area contributed by atoms with Crippen molar-refractivity contribution in [3.05, 3.63) is 40.6 Å². The van der Waals surface area contributed by atoms with E-state index >= 15 is 0 Å². The quantitative estimate of drug-likeness (QED) is 0.401. The summed E-state index contributed by atoms with van der Waals surface area (Å²) in [6, 6.07) is 2.55. The van der Waals surface area contributed by atoms with E-state index in [0.29, 0.717) is 31.7 Å². The number of aromatic amines is 1. The van der Waals surface area contributed by atoms with Gasteiger partial charge in [-0.1, -0.05) is 0 Å². The highest BCUT2D eigenvalue weighted by Gasteiger charge is 2.34. The monoisotopic (exact) mass is 532 g/mol. The summed E-state index contributed by atoms with van der Waals surface area (Å²) in [4.78, 5) is 7.42. The Morgan fingerprint density at radius 1 is 1.28 bits per heavy atom. The van der Waals surface area contributed by atoms with Crippen LogP contribution >= 0.6 is 0 Å². The van der Waals surface area contributed by atoms with Gasteiger partial charge in [-0.15, -0.1) is 0 Å². The summed E-state index contributed by atoms with van der Waals surface area (Å²) >= 11 is 0. The lowest BCUT2D eigenvalue weighted by molar-refractivity contribution is 0.122. The summed E-state index contributed by atoms with van der Waals surface area (Å²) in [5.41, 5.74) is 7.02. The lowest BCUT2D eigenvalue weighted by Crippen LogP contribution is -2.39. The Hall–Kier alpha value is -3.54. The Balaban J connectivity index is 1.55. The second kappa shape index (κ2) is 10.2. The van der Waals surface area contributed by atoms with Crippen LogP contribution in [-0.4, -0.2) is 77.2 Å². The molecule has 1 aliphatic heterocycles. The number of aliphatic hydroxyl groups excluding tert-OH is 1. The van der Waals surface area contributed by atoms with Gasteiger partial charge in [-0.05, 0) is 51.8 Å². The number of H-pyrrole nitrogens is 1. The summed E-state index contributed by atoms with van der Waals surface area (Å²) in [6.07, 6.45) is 8.35. The minimum atomic E-state index is -0.127. The molecule has 2 N–H and O–H groups in total. The molecule has 11 heteroatoms. The van der Waals surface area contributed by atoms with Crippen LogP contribution in [0.5, 0.6) is 5.88 Å². The van der Waals surface area contributed by atoms with Gasteiger partial charge in [0.05, 0.1) is 53.8 Å². The van der Waals surface area contributed by atoms with Gasteiger partial charge in [0.15, 0.2) is 0 Å². The minimum absolute atomic E-state index is 0.0211. The van der Waals surface area contributed by atoms with Crippen molar-refractivity contribution in [3.63, 3.8) is 0 Å². The van der Waals surface area contributed by atoms with Gasteiger partial charge in [-0.3, -0.25) is 19.7 Å². The molecule has 4 aromatic rings. The molecule has 4 aromatic heterocycles. The van der Waals surface area contributed by atoms with Gasteiger partial charge in [0.1, 0.15) is 17.8 Å². The standard InChI is InChI=1S/C28H36N8O3/c1-16(13-37)36-25-12-35(20-7-8-20)17(2)14-39-28-26(24(15-38-5)33-34(28)4)23-10-21-22(9-6-19(25)11-29-36)31-32-27(21)18(3)30-23/h6,9-11,16-17,20,37H,7-8,12-15H2,1-5H3,(H,31,32)/b9-6+/t16-,17+/m0/s1. The molecule has 0 saturated heterocycles. The van der Waals surface area contributed by atoms with Crippen molar-refractivity contribution in [1.82, 2.24) is 39.6 Å². The van der Waals surface area contributed by atoms with Crippen molar-refractivity contribution in [2.75, 3.05) is 20.3 Å². The summed E-state index contributed by atoms with van der Waals surface area (Å²) in [7, 11) is 3.56. The molecular formula is C28H36N8O3. The van der Waals surface area contributed by atoms with E-state index in [1.54, 1.807) is 11.8 Å². The predicted molar refractivity (Wildman–Crippen MR) is 148 cm³/mol. The minimum Gasteiger partial charge on any atom is -0.476 e. The molecule has 11 nitrogen and oxygen atoms in total. The number of pyridine rings is 1. The maximum Gasteiger partial charge on any atom is 0.221 e. The normalized spacial score (nSPS) is 19.8. The highest BCUT2D eigenvalue weighted by atomic mass is 16.5. The first kappa shape index (κ1) is 25.7. The number of rotatable bonds is 5. The molecule has 2 atom stereocenters. The number of fused-ring (bicyclic) bond motifs is 4. The number of ether oxygens (including phenoxy) is 2. The number of nitrogens with zero attached hydrogens (tertiary/aromatic N) is 7. The van der Waals surface area contributed by atoms with Crippen LogP contribution in [0.25, 0.3) is 34.3 Å². The zero-order valence-corrected chi connectivity index (χ0v) is 23.2. The molecule has 1 aliphatic carbocycles. The summed E-state index contributed by atoms with van der Waals surface area (Å²) in [6.45, 7) is 7.73. The zero-order chi connectivity index (χ0) is 27.3. The SMILES string of the molecule is COCc1nn(C)c2c1-c1cc3c([nH]nc3c(C)n1)/C=C/c1cnn([C@@H](C)CO)c1CN(C1CC1)[C@H](C)CO2. The van der Waals surface area contributed by atoms with Gasteiger partial charge < -0.3 is 14.6 Å². The Kier molecular flexibility index (Phi) is 6.74. The molecule has 5 heterocycles. The number of hydrogen-bond acceptors (Lipinski definition) is 8. The largest absolute Gasteiger partial charge is 0.476 e. The Morgan fingerprint density at radius 2 is 2.10 bits per heavy atom. The van der Waals surface area contributed by atoms with E-state index in [-0.39, 0.29) is 18.7 Å². The van der Waals surface area contributed by atoms with Gasteiger partial charge in [-0.25, -0.2) is 4.68 Å². The van der Waals surface area contributed by atoms with Crippen molar-refractivity contribution in [2.45, 2.75) is 64.9 Å². The Morgan fingerprint density at radius 3 is 2.85 bits per heavy atom. The molecule has 0 aromatic carbocycles. The molecule has 39 heavy (non-hydrogen) atoms. The molecule has 0 spiro atoms. The zero-order valence-electron chi connectivity index (χ0n) is 23.2. The second-order valence-corrected chi connectivity index (χ2v) is 10.7. The smallest absolute Gasteiger partial charge is 0.221 e. The van der Waals surface area contributed by atoms with Crippen molar-refractivity contribution in [2.24, 2.45) is 7.05 Å². The fourth-order valence-electron chi connectivity index (χ4n) is 5.52. The van der Waals surface area contributed by atoms with Gasteiger partial charge in [-0.2, -0.15) is 15.3 Å². The Labute approximate surface area is 227 Å². The summed E-state index contributed by atoms with van der Waals surface area (Å²) in [5.74, 6) is 0.672. The third-order valence-electron chi connectivity index (χ3n) is 7.77. The first-order valence-corrected chi connectivity index (χ1v) is 13.5. The maximum atomic E-state index is 9.94. The molecule has 2 aliphatic rings. The summed E-state index contributed by atoms with van der Waals surface area (Å²) < 4.78 is 15.8. The molecule has 206 valence electrons. The van der Waals surface area contributed by atoms with E-state index in [4.69, 9.17) is 19.6 Å². The molecule has 1 saturated carbocycles. The van der Waals surface area contributed by atoms with Crippen LogP contribution in [0.2, 0.25) is 0 Å². The Bertz CT molecular complexity index is 1530. The van der Waals surface area contributed by atoms with Crippen LogP contribution in [0.15, 0.2) is 12.3 Å². The van der Waals surface area contributed by atoms with Crippen LogP contribution < -0.4 is 4.74 Å². The van der Waals surface area contributed by atoms with E-state index in [1.807, 2.05) is 43.9 Å². The highest BCUT2D eigenvalue weighted by molar-refractivity contribution is 5.93. The predicted octanol–water partition coefficient (Wildman–Crippen LogP) is 3.48. The number of hydrogen-bond donors (Lipinski definition) is 2. The van der Waals surface area contributed by atoms with E-state index in [2.05, 4.69) is 33.2 Å². The summed E-state index contributed by atoms with van der Waals surface area (Å²) in [5, 5.41) is 28.1. The maximum absolute atomic E-state index is 9.94.